The van der Waals surface area contributed by atoms with Crippen LogP contribution in [0.3, 0.4) is 0 Å². The molecular weight excluding hydrogens is 322 g/mol. The van der Waals surface area contributed by atoms with E-state index in [0.717, 1.165) is 22.3 Å². The number of aromatic nitrogens is 2. The number of para-hydroxylation sites is 1. The highest BCUT2D eigenvalue weighted by Gasteiger charge is 2.18. The monoisotopic (exact) mass is 341 g/mol. The van der Waals surface area contributed by atoms with Gasteiger partial charge >= 0.3 is 0 Å². The maximum absolute atomic E-state index is 12.2. The Labute approximate surface area is 144 Å². The summed E-state index contributed by atoms with van der Waals surface area (Å²) in [6.45, 7) is 4.61. The Bertz CT molecular complexity index is 833. The first-order valence-electron chi connectivity index (χ1n) is 7.94. The van der Waals surface area contributed by atoms with Gasteiger partial charge in [-0.1, -0.05) is 36.9 Å². The summed E-state index contributed by atoms with van der Waals surface area (Å²) in [7, 11) is 0. The molecule has 6 heteroatoms. The Morgan fingerprint density at radius 1 is 1.25 bits per heavy atom. The van der Waals surface area contributed by atoms with Gasteiger partial charge in [0.2, 0.25) is 5.91 Å². The average Bonchev–Trinajstić information content (AvgIpc) is 3.14. The Hall–Kier alpha value is -2.34. The molecule has 5 nitrogen and oxygen atoms in total. The standard InChI is InChI=1S/C18H19N3O2S/c1-3-10-19-17(22)12(2)24-18-13-7-4-5-8-14(13)20-16(21-18)15-9-6-11-23-15/h4-9,11-12H,3,10H2,1-2H3,(H,19,22)/t12-/m0/s1. The van der Waals surface area contributed by atoms with Crippen molar-refractivity contribution in [3.05, 3.63) is 42.7 Å². The third-order valence-electron chi connectivity index (χ3n) is 3.52. The SMILES string of the molecule is CCCNC(=O)[C@H](C)Sc1nc(-c2ccco2)nc2ccccc12. The van der Waals surface area contributed by atoms with Crippen LogP contribution >= 0.6 is 11.8 Å². The lowest BCUT2D eigenvalue weighted by atomic mass is 10.2. The maximum atomic E-state index is 12.2. The van der Waals surface area contributed by atoms with Crippen LogP contribution in [-0.4, -0.2) is 27.7 Å². The molecule has 1 atom stereocenters. The van der Waals surface area contributed by atoms with E-state index in [1.54, 1.807) is 6.26 Å². The number of rotatable bonds is 6. The largest absolute Gasteiger partial charge is 0.461 e. The molecule has 0 radical (unpaired) electrons. The van der Waals surface area contributed by atoms with E-state index in [1.165, 1.54) is 11.8 Å². The Balaban J connectivity index is 1.95. The summed E-state index contributed by atoms with van der Waals surface area (Å²) in [4.78, 5) is 21.3. The van der Waals surface area contributed by atoms with Crippen molar-refractivity contribution in [2.75, 3.05) is 6.54 Å². The lowest BCUT2D eigenvalue weighted by molar-refractivity contribution is -0.120. The van der Waals surface area contributed by atoms with Gasteiger partial charge in [0.1, 0.15) is 5.03 Å². The van der Waals surface area contributed by atoms with Gasteiger partial charge in [0.25, 0.3) is 0 Å². The second kappa shape index (κ2) is 7.49. The van der Waals surface area contributed by atoms with E-state index >= 15 is 0 Å². The minimum atomic E-state index is -0.237. The number of thioether (sulfide) groups is 1. The number of hydrogen-bond acceptors (Lipinski definition) is 5. The number of nitrogens with zero attached hydrogens (tertiary/aromatic N) is 2. The molecule has 0 bridgehead atoms. The summed E-state index contributed by atoms with van der Waals surface area (Å²) in [5.41, 5.74) is 0.836. The minimum Gasteiger partial charge on any atom is -0.461 e. The molecule has 2 aromatic heterocycles. The predicted octanol–water partition coefficient (Wildman–Crippen LogP) is 3.90. The van der Waals surface area contributed by atoms with Gasteiger partial charge in [-0.25, -0.2) is 9.97 Å². The van der Waals surface area contributed by atoms with Gasteiger partial charge in [-0.2, -0.15) is 0 Å². The number of amides is 1. The summed E-state index contributed by atoms with van der Waals surface area (Å²) in [5.74, 6) is 1.16. The summed E-state index contributed by atoms with van der Waals surface area (Å²) in [5, 5.41) is 4.41. The molecule has 3 aromatic rings. The van der Waals surface area contributed by atoms with Crippen LogP contribution in [-0.2, 0) is 4.79 Å². The molecule has 24 heavy (non-hydrogen) atoms. The topological polar surface area (TPSA) is 68.0 Å². The molecule has 0 saturated heterocycles. The number of fused-ring (bicyclic) bond motifs is 1. The fourth-order valence-electron chi connectivity index (χ4n) is 2.27. The van der Waals surface area contributed by atoms with E-state index in [0.29, 0.717) is 18.1 Å². The highest BCUT2D eigenvalue weighted by atomic mass is 32.2. The maximum Gasteiger partial charge on any atom is 0.233 e. The molecule has 1 N–H and O–H groups in total. The van der Waals surface area contributed by atoms with Crippen LogP contribution in [0.4, 0.5) is 0 Å². The Morgan fingerprint density at radius 2 is 2.08 bits per heavy atom. The second-order valence-corrected chi connectivity index (χ2v) is 6.73. The van der Waals surface area contributed by atoms with Crippen LogP contribution in [0.5, 0.6) is 0 Å². The first-order valence-corrected chi connectivity index (χ1v) is 8.82. The van der Waals surface area contributed by atoms with Crippen molar-refractivity contribution in [3.8, 4) is 11.6 Å². The molecule has 0 unspecified atom stereocenters. The number of nitrogens with one attached hydrogen (secondary N) is 1. The van der Waals surface area contributed by atoms with Crippen molar-refractivity contribution in [3.63, 3.8) is 0 Å². The zero-order valence-electron chi connectivity index (χ0n) is 13.7. The van der Waals surface area contributed by atoms with Crippen LogP contribution in [0.2, 0.25) is 0 Å². The van der Waals surface area contributed by atoms with Crippen molar-refractivity contribution in [2.45, 2.75) is 30.5 Å². The molecule has 0 aliphatic carbocycles. The molecule has 1 aromatic carbocycles. The summed E-state index contributed by atoms with van der Waals surface area (Å²) in [6, 6.07) is 11.4. The van der Waals surface area contributed by atoms with Crippen molar-refractivity contribution in [1.82, 2.24) is 15.3 Å². The molecular formula is C18H19N3O2S. The molecule has 2 heterocycles. The first-order chi connectivity index (χ1) is 11.7. The Morgan fingerprint density at radius 3 is 2.83 bits per heavy atom. The number of benzene rings is 1. The minimum absolute atomic E-state index is 0.0177. The third-order valence-corrected chi connectivity index (χ3v) is 4.62. The van der Waals surface area contributed by atoms with Crippen LogP contribution in [0.25, 0.3) is 22.5 Å². The molecule has 0 spiro atoms. The first kappa shape index (κ1) is 16.5. The highest BCUT2D eigenvalue weighted by molar-refractivity contribution is 8.00. The van der Waals surface area contributed by atoms with Crippen molar-refractivity contribution < 1.29 is 9.21 Å². The summed E-state index contributed by atoms with van der Waals surface area (Å²) >= 11 is 1.44. The summed E-state index contributed by atoms with van der Waals surface area (Å²) in [6.07, 6.45) is 2.52. The van der Waals surface area contributed by atoms with E-state index in [4.69, 9.17) is 4.42 Å². The number of carbonyl (C=O) groups is 1. The highest BCUT2D eigenvalue weighted by Crippen LogP contribution is 2.31. The molecule has 3 rings (SSSR count). The lowest BCUT2D eigenvalue weighted by Crippen LogP contribution is -2.31. The number of furan rings is 1. The normalized spacial score (nSPS) is 12.2. The molecule has 0 aliphatic rings. The van der Waals surface area contributed by atoms with Crippen LogP contribution in [0.1, 0.15) is 20.3 Å². The van der Waals surface area contributed by atoms with Gasteiger partial charge in [0.05, 0.1) is 17.0 Å². The smallest absolute Gasteiger partial charge is 0.233 e. The predicted molar refractivity (Wildman–Crippen MR) is 95.9 cm³/mol. The lowest BCUT2D eigenvalue weighted by Gasteiger charge is -2.13. The molecule has 1 amide bonds. The van der Waals surface area contributed by atoms with Gasteiger partial charge in [0.15, 0.2) is 11.6 Å². The van der Waals surface area contributed by atoms with Crippen LogP contribution in [0, 0.1) is 0 Å². The van der Waals surface area contributed by atoms with Crippen LogP contribution < -0.4 is 5.32 Å². The van der Waals surface area contributed by atoms with E-state index in [1.807, 2.05) is 50.2 Å². The molecule has 0 aliphatic heterocycles. The third kappa shape index (κ3) is 3.59. The van der Waals surface area contributed by atoms with E-state index in [-0.39, 0.29) is 11.2 Å². The summed E-state index contributed by atoms with van der Waals surface area (Å²) < 4.78 is 5.42. The van der Waals surface area contributed by atoms with Gasteiger partial charge in [-0.15, -0.1) is 0 Å². The number of hydrogen-bond donors (Lipinski definition) is 1. The van der Waals surface area contributed by atoms with E-state index in [2.05, 4.69) is 15.3 Å². The van der Waals surface area contributed by atoms with Crippen molar-refractivity contribution in [1.29, 1.82) is 0 Å². The van der Waals surface area contributed by atoms with Crippen LogP contribution in [0.15, 0.2) is 52.1 Å². The Kier molecular flexibility index (Phi) is 5.15. The van der Waals surface area contributed by atoms with Crippen molar-refractivity contribution >= 4 is 28.6 Å². The molecule has 124 valence electrons. The molecule has 0 saturated carbocycles. The quantitative estimate of drug-likeness (QED) is 0.544. The van der Waals surface area contributed by atoms with Gasteiger partial charge in [-0.3, -0.25) is 4.79 Å². The fraction of sp³-hybridized carbons (Fsp3) is 0.278. The number of carbonyl (C=O) groups excluding carboxylic acids is 1. The van der Waals surface area contributed by atoms with Gasteiger partial charge in [-0.05, 0) is 31.5 Å². The molecule has 0 fully saturated rings. The van der Waals surface area contributed by atoms with Gasteiger partial charge in [0, 0.05) is 11.9 Å². The zero-order valence-corrected chi connectivity index (χ0v) is 14.5. The fourth-order valence-corrected chi connectivity index (χ4v) is 3.23. The van der Waals surface area contributed by atoms with E-state index < -0.39 is 0 Å². The average molecular weight is 341 g/mol. The van der Waals surface area contributed by atoms with E-state index in [9.17, 15) is 4.79 Å². The zero-order chi connectivity index (χ0) is 16.9. The van der Waals surface area contributed by atoms with Gasteiger partial charge < -0.3 is 9.73 Å². The van der Waals surface area contributed by atoms with Crippen molar-refractivity contribution in [2.24, 2.45) is 0 Å². The second-order valence-electron chi connectivity index (χ2n) is 5.40.